The number of benzene rings is 2. The summed E-state index contributed by atoms with van der Waals surface area (Å²) in [6.45, 7) is 4.45. The minimum absolute atomic E-state index is 0.107. The third-order valence-corrected chi connectivity index (χ3v) is 3.74. The van der Waals surface area contributed by atoms with E-state index in [1.54, 1.807) is 0 Å². The number of hydrogen-bond donors (Lipinski definition) is 0. The molecule has 2 aromatic carbocycles. The molecule has 0 aliphatic rings. The molecule has 20 heavy (non-hydrogen) atoms. The van der Waals surface area contributed by atoms with Gasteiger partial charge in [0.25, 0.3) is 0 Å². The van der Waals surface area contributed by atoms with Crippen LogP contribution < -0.4 is 0 Å². The molecule has 0 aliphatic heterocycles. The van der Waals surface area contributed by atoms with Crippen molar-refractivity contribution >= 4 is 5.78 Å². The summed E-state index contributed by atoms with van der Waals surface area (Å²) >= 11 is 0. The highest BCUT2D eigenvalue weighted by molar-refractivity contribution is 6.09. The molecule has 0 amide bonds. The van der Waals surface area contributed by atoms with E-state index in [0.717, 1.165) is 11.1 Å². The van der Waals surface area contributed by atoms with Crippen molar-refractivity contribution in [3.05, 3.63) is 71.3 Å². The molecule has 0 N–H and O–H groups in total. The fourth-order valence-electron chi connectivity index (χ4n) is 2.42. The Morgan fingerprint density at radius 2 is 1.70 bits per heavy atom. The van der Waals surface area contributed by atoms with Crippen LogP contribution in [0, 0.1) is 0 Å². The first-order valence-corrected chi connectivity index (χ1v) is 7.42. The molecule has 0 saturated heterocycles. The van der Waals surface area contributed by atoms with Crippen molar-refractivity contribution in [2.75, 3.05) is 0 Å². The highest BCUT2D eigenvalue weighted by Gasteiger charge is 2.11. The van der Waals surface area contributed by atoms with Gasteiger partial charge in [-0.1, -0.05) is 75.2 Å². The lowest BCUT2D eigenvalue weighted by Crippen LogP contribution is -2.03. The van der Waals surface area contributed by atoms with Gasteiger partial charge in [0.15, 0.2) is 5.78 Å². The van der Waals surface area contributed by atoms with Crippen LogP contribution in [0.4, 0.5) is 0 Å². The Kier molecular flexibility index (Phi) is 5.11. The lowest BCUT2D eigenvalue weighted by atomic mass is 9.92. The number of ketones is 1. The molecule has 1 heteroatoms. The number of hydrogen-bond acceptors (Lipinski definition) is 1. The fourth-order valence-corrected chi connectivity index (χ4v) is 2.42. The quantitative estimate of drug-likeness (QED) is 0.656. The average Bonchev–Trinajstić information content (AvgIpc) is 2.52. The van der Waals surface area contributed by atoms with Crippen LogP contribution in [0.3, 0.4) is 0 Å². The van der Waals surface area contributed by atoms with Gasteiger partial charge in [0.2, 0.25) is 0 Å². The topological polar surface area (TPSA) is 17.1 Å². The molecule has 2 aromatic rings. The molecular formula is C19H22O. The molecule has 0 aliphatic carbocycles. The molecule has 0 radical (unpaired) electrons. The Hall–Kier alpha value is -1.89. The number of rotatable bonds is 6. The van der Waals surface area contributed by atoms with Crippen LogP contribution in [-0.4, -0.2) is 5.78 Å². The summed E-state index contributed by atoms with van der Waals surface area (Å²) in [5.74, 6) is 0.619. The SMILES string of the molecule is CCCCC(C)c1cccc(C(=O)c2ccccc2)c1. The first-order chi connectivity index (χ1) is 9.72. The summed E-state index contributed by atoms with van der Waals surface area (Å²) in [5.41, 5.74) is 2.81. The molecule has 2 rings (SSSR count). The zero-order valence-corrected chi connectivity index (χ0v) is 12.3. The molecule has 0 saturated carbocycles. The van der Waals surface area contributed by atoms with Crippen molar-refractivity contribution in [3.8, 4) is 0 Å². The van der Waals surface area contributed by atoms with Crippen LogP contribution in [0.15, 0.2) is 54.6 Å². The minimum atomic E-state index is 0.107. The second-order valence-electron chi connectivity index (χ2n) is 5.36. The maximum absolute atomic E-state index is 12.4. The van der Waals surface area contributed by atoms with Crippen molar-refractivity contribution in [2.45, 2.75) is 39.0 Å². The molecule has 0 aromatic heterocycles. The van der Waals surface area contributed by atoms with E-state index in [4.69, 9.17) is 0 Å². The first kappa shape index (κ1) is 14.5. The monoisotopic (exact) mass is 266 g/mol. The summed E-state index contributed by atoms with van der Waals surface area (Å²) in [7, 11) is 0. The van der Waals surface area contributed by atoms with E-state index in [0.29, 0.717) is 5.92 Å². The van der Waals surface area contributed by atoms with Crippen LogP contribution in [0.1, 0.15) is 60.5 Å². The fraction of sp³-hybridized carbons (Fsp3) is 0.316. The van der Waals surface area contributed by atoms with E-state index in [1.165, 1.54) is 24.8 Å². The number of unbranched alkanes of at least 4 members (excludes halogenated alkanes) is 1. The van der Waals surface area contributed by atoms with Gasteiger partial charge in [0.1, 0.15) is 0 Å². The summed E-state index contributed by atoms with van der Waals surface area (Å²) in [5, 5.41) is 0. The molecule has 1 unspecified atom stereocenters. The zero-order valence-electron chi connectivity index (χ0n) is 12.3. The second kappa shape index (κ2) is 7.04. The summed E-state index contributed by atoms with van der Waals surface area (Å²) in [6.07, 6.45) is 3.63. The summed E-state index contributed by atoms with van der Waals surface area (Å²) < 4.78 is 0. The predicted molar refractivity (Wildman–Crippen MR) is 84.3 cm³/mol. The van der Waals surface area contributed by atoms with Crippen molar-refractivity contribution < 1.29 is 4.79 Å². The van der Waals surface area contributed by atoms with Crippen LogP contribution >= 0.6 is 0 Å². The molecule has 1 nitrogen and oxygen atoms in total. The first-order valence-electron chi connectivity index (χ1n) is 7.42. The van der Waals surface area contributed by atoms with E-state index < -0.39 is 0 Å². The third-order valence-electron chi connectivity index (χ3n) is 3.74. The molecule has 0 spiro atoms. The Morgan fingerprint density at radius 3 is 2.40 bits per heavy atom. The highest BCUT2D eigenvalue weighted by Crippen LogP contribution is 2.23. The maximum atomic E-state index is 12.4. The van der Waals surface area contributed by atoms with Crippen LogP contribution in [0.5, 0.6) is 0 Å². The lowest BCUT2D eigenvalue weighted by Gasteiger charge is -2.12. The van der Waals surface area contributed by atoms with Gasteiger partial charge in [0, 0.05) is 11.1 Å². The van der Waals surface area contributed by atoms with Gasteiger partial charge in [0.05, 0.1) is 0 Å². The molecule has 1 atom stereocenters. The van der Waals surface area contributed by atoms with Crippen LogP contribution in [-0.2, 0) is 0 Å². The van der Waals surface area contributed by atoms with Gasteiger partial charge >= 0.3 is 0 Å². The lowest BCUT2D eigenvalue weighted by molar-refractivity contribution is 0.103. The van der Waals surface area contributed by atoms with E-state index in [2.05, 4.69) is 26.0 Å². The van der Waals surface area contributed by atoms with Gasteiger partial charge in [-0.15, -0.1) is 0 Å². The van der Waals surface area contributed by atoms with Gasteiger partial charge in [-0.2, -0.15) is 0 Å². The third kappa shape index (κ3) is 3.57. The Bertz CT molecular complexity index is 557. The standard InChI is InChI=1S/C19H22O/c1-3-4-9-15(2)17-12-8-13-18(14-17)19(20)16-10-6-5-7-11-16/h5-8,10-15H,3-4,9H2,1-2H3. The summed E-state index contributed by atoms with van der Waals surface area (Å²) in [6, 6.07) is 17.6. The van der Waals surface area contributed by atoms with Gasteiger partial charge < -0.3 is 0 Å². The molecule has 0 bridgehead atoms. The van der Waals surface area contributed by atoms with Crippen molar-refractivity contribution in [1.82, 2.24) is 0 Å². The maximum Gasteiger partial charge on any atom is 0.193 e. The highest BCUT2D eigenvalue weighted by atomic mass is 16.1. The van der Waals surface area contributed by atoms with E-state index in [1.807, 2.05) is 42.5 Å². The largest absolute Gasteiger partial charge is 0.289 e. The Morgan fingerprint density at radius 1 is 1.00 bits per heavy atom. The zero-order chi connectivity index (χ0) is 14.4. The Balaban J connectivity index is 2.19. The minimum Gasteiger partial charge on any atom is -0.289 e. The van der Waals surface area contributed by atoms with Gasteiger partial charge in [-0.25, -0.2) is 0 Å². The predicted octanol–water partition coefficient (Wildman–Crippen LogP) is 5.21. The molecule has 0 heterocycles. The van der Waals surface area contributed by atoms with Crippen LogP contribution in [0.2, 0.25) is 0 Å². The molecular weight excluding hydrogens is 244 g/mol. The van der Waals surface area contributed by atoms with E-state index >= 15 is 0 Å². The van der Waals surface area contributed by atoms with Crippen molar-refractivity contribution in [1.29, 1.82) is 0 Å². The second-order valence-corrected chi connectivity index (χ2v) is 5.36. The normalized spacial score (nSPS) is 12.1. The molecule has 104 valence electrons. The average molecular weight is 266 g/mol. The number of carbonyl (C=O) groups excluding carboxylic acids is 1. The smallest absolute Gasteiger partial charge is 0.193 e. The van der Waals surface area contributed by atoms with Gasteiger partial charge in [-0.05, 0) is 24.0 Å². The Labute approximate surface area is 121 Å². The van der Waals surface area contributed by atoms with Crippen molar-refractivity contribution in [3.63, 3.8) is 0 Å². The number of carbonyl (C=O) groups is 1. The molecule has 0 fully saturated rings. The van der Waals surface area contributed by atoms with Crippen molar-refractivity contribution in [2.24, 2.45) is 0 Å². The summed E-state index contributed by atoms with van der Waals surface area (Å²) in [4.78, 5) is 12.4. The van der Waals surface area contributed by atoms with Gasteiger partial charge in [-0.3, -0.25) is 4.79 Å². The van der Waals surface area contributed by atoms with Crippen LogP contribution in [0.25, 0.3) is 0 Å². The van der Waals surface area contributed by atoms with E-state index in [-0.39, 0.29) is 5.78 Å². The van der Waals surface area contributed by atoms with E-state index in [9.17, 15) is 4.79 Å².